The maximum atomic E-state index is 6.60. The highest BCUT2D eigenvalue weighted by Gasteiger charge is 2.45. The third-order valence-corrected chi connectivity index (χ3v) is 5.69. The highest BCUT2D eigenvalue weighted by molar-refractivity contribution is 5.26. The molecule has 1 aromatic carbocycles. The van der Waals surface area contributed by atoms with Crippen LogP contribution in [0.4, 0.5) is 0 Å². The fourth-order valence-electron chi connectivity index (χ4n) is 4.34. The average molecular weight is 271 g/mol. The molecule has 2 aliphatic carbocycles. The summed E-state index contributed by atoms with van der Waals surface area (Å²) in [5.74, 6) is 3.29. The van der Waals surface area contributed by atoms with Gasteiger partial charge in [-0.05, 0) is 48.5 Å². The van der Waals surface area contributed by atoms with Gasteiger partial charge in [0.1, 0.15) is 0 Å². The molecule has 3 atom stereocenters. The van der Waals surface area contributed by atoms with E-state index in [1.165, 1.54) is 50.5 Å². The van der Waals surface area contributed by atoms with Gasteiger partial charge in [-0.1, -0.05) is 62.9 Å². The van der Waals surface area contributed by atoms with E-state index in [-0.39, 0.29) is 0 Å². The molecule has 0 amide bonds. The third-order valence-electron chi connectivity index (χ3n) is 5.69. The zero-order valence-corrected chi connectivity index (χ0v) is 12.8. The minimum atomic E-state index is 0.447. The fourth-order valence-corrected chi connectivity index (χ4v) is 4.34. The Balaban J connectivity index is 1.50. The minimum absolute atomic E-state index is 0.447. The summed E-state index contributed by atoms with van der Waals surface area (Å²) in [5.41, 5.74) is 8.11. The molecule has 0 heterocycles. The molecule has 20 heavy (non-hydrogen) atoms. The lowest BCUT2D eigenvalue weighted by molar-refractivity contribution is 0.221. The van der Waals surface area contributed by atoms with Crippen molar-refractivity contribution in [2.24, 2.45) is 23.5 Å². The molecule has 2 fully saturated rings. The Morgan fingerprint density at radius 3 is 2.45 bits per heavy atom. The third kappa shape index (κ3) is 3.09. The number of hydrogen-bond donors (Lipinski definition) is 1. The maximum absolute atomic E-state index is 6.60. The first-order valence-corrected chi connectivity index (χ1v) is 8.60. The van der Waals surface area contributed by atoms with Crippen LogP contribution in [0.15, 0.2) is 30.3 Å². The molecule has 2 saturated carbocycles. The second-order valence-electron chi connectivity index (χ2n) is 7.06. The zero-order valence-electron chi connectivity index (χ0n) is 12.8. The van der Waals surface area contributed by atoms with E-state index in [2.05, 4.69) is 37.3 Å². The van der Waals surface area contributed by atoms with E-state index in [9.17, 15) is 0 Å². The van der Waals surface area contributed by atoms with Crippen molar-refractivity contribution in [1.82, 2.24) is 0 Å². The highest BCUT2D eigenvalue weighted by Crippen LogP contribution is 2.51. The van der Waals surface area contributed by atoms with Crippen molar-refractivity contribution in [3.63, 3.8) is 0 Å². The van der Waals surface area contributed by atoms with Gasteiger partial charge in [0, 0.05) is 6.04 Å². The summed E-state index contributed by atoms with van der Waals surface area (Å²) in [6.45, 7) is 2.31. The van der Waals surface area contributed by atoms with Gasteiger partial charge in [-0.3, -0.25) is 0 Å². The van der Waals surface area contributed by atoms with E-state index < -0.39 is 0 Å². The topological polar surface area (TPSA) is 26.0 Å². The summed E-state index contributed by atoms with van der Waals surface area (Å²) in [6.07, 6.45) is 9.70. The minimum Gasteiger partial charge on any atom is -0.327 e. The van der Waals surface area contributed by atoms with Crippen molar-refractivity contribution < 1.29 is 0 Å². The first-order chi connectivity index (χ1) is 9.79. The lowest BCUT2D eigenvalue weighted by Gasteiger charge is -2.32. The standard InChI is InChI=1S/C19H29N/c1-2-6-14-9-11-16(12-10-14)19(20)18-13-17(18)15-7-4-3-5-8-15/h3-5,7-8,14,16-19H,2,6,9-13,20H2,1H3. The van der Waals surface area contributed by atoms with Crippen molar-refractivity contribution in [3.8, 4) is 0 Å². The van der Waals surface area contributed by atoms with Crippen LogP contribution >= 0.6 is 0 Å². The number of nitrogens with two attached hydrogens (primary N) is 1. The van der Waals surface area contributed by atoms with Gasteiger partial charge in [0.05, 0.1) is 0 Å². The van der Waals surface area contributed by atoms with E-state index in [4.69, 9.17) is 5.73 Å². The second kappa shape index (κ2) is 6.30. The molecule has 110 valence electrons. The van der Waals surface area contributed by atoms with Gasteiger partial charge in [-0.15, -0.1) is 0 Å². The zero-order chi connectivity index (χ0) is 13.9. The summed E-state index contributed by atoms with van der Waals surface area (Å²) in [7, 11) is 0. The Hall–Kier alpha value is -0.820. The van der Waals surface area contributed by atoms with Crippen LogP contribution in [0.25, 0.3) is 0 Å². The van der Waals surface area contributed by atoms with Gasteiger partial charge in [-0.2, -0.15) is 0 Å². The molecule has 1 heteroatoms. The van der Waals surface area contributed by atoms with Crippen LogP contribution < -0.4 is 5.73 Å². The first-order valence-electron chi connectivity index (χ1n) is 8.60. The molecule has 3 rings (SSSR count). The van der Waals surface area contributed by atoms with Gasteiger partial charge in [0.15, 0.2) is 0 Å². The fraction of sp³-hybridized carbons (Fsp3) is 0.684. The monoisotopic (exact) mass is 271 g/mol. The van der Waals surface area contributed by atoms with Crippen LogP contribution in [-0.2, 0) is 0 Å². The quantitative estimate of drug-likeness (QED) is 0.823. The molecule has 1 aromatic rings. The van der Waals surface area contributed by atoms with Crippen molar-refractivity contribution >= 4 is 0 Å². The smallest absolute Gasteiger partial charge is 0.0102 e. The molecule has 0 bridgehead atoms. The maximum Gasteiger partial charge on any atom is 0.0102 e. The van der Waals surface area contributed by atoms with Crippen molar-refractivity contribution in [2.75, 3.05) is 0 Å². The summed E-state index contributed by atoms with van der Waals surface area (Å²) in [6, 6.07) is 11.4. The van der Waals surface area contributed by atoms with Gasteiger partial charge in [-0.25, -0.2) is 0 Å². The highest BCUT2D eigenvalue weighted by atomic mass is 14.7. The summed E-state index contributed by atoms with van der Waals surface area (Å²) in [4.78, 5) is 0. The molecular weight excluding hydrogens is 242 g/mol. The number of hydrogen-bond acceptors (Lipinski definition) is 1. The molecular formula is C19H29N. The molecule has 0 saturated heterocycles. The molecule has 0 spiro atoms. The van der Waals surface area contributed by atoms with Crippen molar-refractivity contribution in [3.05, 3.63) is 35.9 Å². The molecule has 1 nitrogen and oxygen atoms in total. The van der Waals surface area contributed by atoms with E-state index in [0.29, 0.717) is 6.04 Å². The summed E-state index contributed by atoms with van der Waals surface area (Å²) < 4.78 is 0. The SMILES string of the molecule is CCCC1CCC(C(N)C2CC2c2ccccc2)CC1. The summed E-state index contributed by atoms with van der Waals surface area (Å²) >= 11 is 0. The first kappa shape index (κ1) is 14.1. The lowest BCUT2D eigenvalue weighted by Crippen LogP contribution is -2.35. The largest absolute Gasteiger partial charge is 0.327 e. The normalized spacial score (nSPS) is 34.7. The Kier molecular flexibility index (Phi) is 4.45. The van der Waals surface area contributed by atoms with E-state index in [0.717, 1.165) is 23.7 Å². The van der Waals surface area contributed by atoms with Crippen LogP contribution in [0.5, 0.6) is 0 Å². The van der Waals surface area contributed by atoms with Crippen LogP contribution in [-0.4, -0.2) is 6.04 Å². The van der Waals surface area contributed by atoms with Gasteiger partial charge >= 0.3 is 0 Å². The van der Waals surface area contributed by atoms with Crippen molar-refractivity contribution in [2.45, 2.75) is 63.8 Å². The average Bonchev–Trinajstić information content (AvgIpc) is 3.29. The molecule has 2 N–H and O–H groups in total. The molecule has 3 unspecified atom stereocenters. The number of benzene rings is 1. The van der Waals surface area contributed by atoms with Gasteiger partial charge in [0.25, 0.3) is 0 Å². The predicted molar refractivity (Wildman–Crippen MR) is 85.6 cm³/mol. The molecule has 0 radical (unpaired) electrons. The number of rotatable bonds is 5. The Morgan fingerprint density at radius 1 is 1.10 bits per heavy atom. The Bertz CT molecular complexity index is 405. The van der Waals surface area contributed by atoms with E-state index >= 15 is 0 Å². The molecule has 2 aliphatic rings. The summed E-state index contributed by atoms with van der Waals surface area (Å²) in [5, 5.41) is 0. The van der Waals surface area contributed by atoms with Gasteiger partial charge in [0.2, 0.25) is 0 Å². The van der Waals surface area contributed by atoms with E-state index in [1.807, 2.05) is 0 Å². The Morgan fingerprint density at radius 2 is 1.80 bits per heavy atom. The molecule has 0 aliphatic heterocycles. The Labute approximate surface area is 124 Å². The lowest BCUT2D eigenvalue weighted by atomic mass is 9.76. The molecule has 0 aromatic heterocycles. The van der Waals surface area contributed by atoms with Crippen LogP contribution in [0.1, 0.15) is 63.4 Å². The van der Waals surface area contributed by atoms with Crippen molar-refractivity contribution in [1.29, 1.82) is 0 Å². The van der Waals surface area contributed by atoms with Gasteiger partial charge < -0.3 is 5.73 Å². The van der Waals surface area contributed by atoms with Crippen LogP contribution in [0, 0.1) is 17.8 Å². The van der Waals surface area contributed by atoms with E-state index in [1.54, 1.807) is 0 Å². The predicted octanol–water partition coefficient (Wildman–Crippen LogP) is 4.72. The second-order valence-corrected chi connectivity index (χ2v) is 7.06. The van der Waals surface area contributed by atoms with Crippen LogP contribution in [0.2, 0.25) is 0 Å². The van der Waals surface area contributed by atoms with Crippen LogP contribution in [0.3, 0.4) is 0 Å².